The van der Waals surface area contributed by atoms with Gasteiger partial charge in [0.2, 0.25) is 0 Å². The van der Waals surface area contributed by atoms with Crippen molar-refractivity contribution in [2.45, 2.75) is 31.8 Å². The topological polar surface area (TPSA) is 51.1 Å². The number of aliphatic imine (C=N–C) groups is 1. The Morgan fingerprint density at radius 2 is 1.87 bits per heavy atom. The number of rotatable bonds is 4. The van der Waals surface area contributed by atoms with Gasteiger partial charge in [-0.3, -0.25) is 4.99 Å². The number of anilines is 1. The van der Waals surface area contributed by atoms with E-state index in [1.54, 1.807) is 0 Å². The number of hydrogen-bond acceptors (Lipinski definition) is 3. The zero-order valence-corrected chi connectivity index (χ0v) is 14.0. The number of benzene rings is 1. The van der Waals surface area contributed by atoms with Crippen LogP contribution in [0.3, 0.4) is 0 Å². The second-order valence-electron chi connectivity index (χ2n) is 6.56. The van der Waals surface area contributed by atoms with E-state index >= 15 is 0 Å². The minimum absolute atomic E-state index is 0.522. The van der Waals surface area contributed by atoms with Crippen molar-refractivity contribution in [1.29, 1.82) is 0 Å². The molecule has 23 heavy (non-hydrogen) atoms. The van der Waals surface area contributed by atoms with Gasteiger partial charge in [0.05, 0.1) is 12.1 Å². The van der Waals surface area contributed by atoms with Gasteiger partial charge < -0.3 is 20.2 Å². The summed E-state index contributed by atoms with van der Waals surface area (Å²) in [5.41, 5.74) is 0.741. The second kappa shape index (κ2) is 7.21. The van der Waals surface area contributed by atoms with Crippen molar-refractivity contribution in [3.63, 3.8) is 0 Å². The Balaban J connectivity index is 1.58. The Labute approximate surface area is 139 Å². The van der Waals surface area contributed by atoms with Crippen LogP contribution in [0, 0.1) is 0 Å². The summed E-state index contributed by atoms with van der Waals surface area (Å²) in [4.78, 5) is 9.42. The molecule has 0 atom stereocenters. The van der Waals surface area contributed by atoms with Gasteiger partial charge in [0.15, 0.2) is 5.96 Å². The predicted octanol–water partition coefficient (Wildman–Crippen LogP) is 1.69. The van der Waals surface area contributed by atoms with E-state index in [0.717, 1.165) is 57.9 Å². The standard InChI is InChI=1S/C18H28N4O/c1-2-19-17(20-15-18(23)9-6-10-18)22-13-11-21(12-14-22)16-7-4-3-5-8-16/h3-5,7-8,23H,2,6,9-15H2,1H3,(H,19,20). The minimum Gasteiger partial charge on any atom is -0.388 e. The molecule has 2 aliphatic rings. The molecular formula is C18H28N4O. The molecule has 126 valence electrons. The third-order valence-electron chi connectivity index (χ3n) is 4.84. The quantitative estimate of drug-likeness (QED) is 0.656. The molecule has 3 rings (SSSR count). The van der Waals surface area contributed by atoms with Gasteiger partial charge >= 0.3 is 0 Å². The van der Waals surface area contributed by atoms with E-state index in [1.807, 2.05) is 0 Å². The van der Waals surface area contributed by atoms with Crippen LogP contribution in [0.4, 0.5) is 5.69 Å². The van der Waals surface area contributed by atoms with E-state index in [0.29, 0.717) is 6.54 Å². The summed E-state index contributed by atoms with van der Waals surface area (Å²) in [5, 5.41) is 13.6. The number of nitrogens with one attached hydrogen (secondary N) is 1. The highest BCUT2D eigenvalue weighted by Gasteiger charge is 2.34. The van der Waals surface area contributed by atoms with E-state index in [2.05, 4.69) is 52.4 Å². The Morgan fingerprint density at radius 1 is 1.17 bits per heavy atom. The average molecular weight is 316 g/mol. The number of piperazine rings is 1. The molecule has 1 aromatic rings. The second-order valence-corrected chi connectivity index (χ2v) is 6.56. The molecule has 1 aliphatic heterocycles. The lowest BCUT2D eigenvalue weighted by Gasteiger charge is -2.39. The molecule has 2 N–H and O–H groups in total. The summed E-state index contributed by atoms with van der Waals surface area (Å²) < 4.78 is 0. The lowest BCUT2D eigenvalue weighted by Crippen LogP contribution is -2.53. The Bertz CT molecular complexity index is 519. The first-order valence-corrected chi connectivity index (χ1v) is 8.76. The maximum atomic E-state index is 10.3. The fraction of sp³-hybridized carbons (Fsp3) is 0.611. The smallest absolute Gasteiger partial charge is 0.194 e. The molecule has 0 amide bonds. The van der Waals surface area contributed by atoms with E-state index < -0.39 is 5.60 Å². The van der Waals surface area contributed by atoms with Gasteiger partial charge in [0.25, 0.3) is 0 Å². The maximum Gasteiger partial charge on any atom is 0.194 e. The third kappa shape index (κ3) is 3.96. The van der Waals surface area contributed by atoms with Crippen LogP contribution < -0.4 is 10.2 Å². The molecule has 0 spiro atoms. The molecule has 2 fully saturated rings. The van der Waals surface area contributed by atoms with Crippen LogP contribution in [-0.4, -0.2) is 60.8 Å². The summed E-state index contributed by atoms with van der Waals surface area (Å²) in [6, 6.07) is 10.6. The molecule has 0 aromatic heterocycles. The van der Waals surface area contributed by atoms with E-state index in [-0.39, 0.29) is 0 Å². The molecule has 0 unspecified atom stereocenters. The molecule has 1 saturated carbocycles. The summed E-state index contributed by atoms with van der Waals surface area (Å²) in [6.07, 6.45) is 2.90. The van der Waals surface area contributed by atoms with E-state index in [9.17, 15) is 5.11 Å². The van der Waals surface area contributed by atoms with Crippen molar-refractivity contribution >= 4 is 11.6 Å². The van der Waals surface area contributed by atoms with Gasteiger partial charge in [-0.1, -0.05) is 18.2 Å². The fourth-order valence-corrected chi connectivity index (χ4v) is 3.21. The highest BCUT2D eigenvalue weighted by atomic mass is 16.3. The van der Waals surface area contributed by atoms with Crippen LogP contribution in [-0.2, 0) is 0 Å². The Morgan fingerprint density at radius 3 is 2.43 bits per heavy atom. The third-order valence-corrected chi connectivity index (χ3v) is 4.84. The van der Waals surface area contributed by atoms with E-state index in [4.69, 9.17) is 4.99 Å². The number of hydrogen-bond donors (Lipinski definition) is 2. The van der Waals surface area contributed by atoms with Gasteiger partial charge in [0.1, 0.15) is 0 Å². The van der Waals surface area contributed by atoms with Crippen molar-refractivity contribution in [1.82, 2.24) is 10.2 Å². The molecule has 0 radical (unpaired) electrons. The molecule has 1 aliphatic carbocycles. The fourth-order valence-electron chi connectivity index (χ4n) is 3.21. The van der Waals surface area contributed by atoms with Crippen molar-refractivity contribution < 1.29 is 5.11 Å². The molecule has 1 saturated heterocycles. The zero-order chi connectivity index (χ0) is 16.1. The van der Waals surface area contributed by atoms with Crippen LogP contribution in [0.2, 0.25) is 0 Å². The van der Waals surface area contributed by atoms with Crippen molar-refractivity contribution in [2.75, 3.05) is 44.2 Å². The van der Waals surface area contributed by atoms with Crippen LogP contribution >= 0.6 is 0 Å². The largest absolute Gasteiger partial charge is 0.388 e. The molecule has 1 aromatic carbocycles. The van der Waals surface area contributed by atoms with Gasteiger partial charge in [-0.2, -0.15) is 0 Å². The first-order valence-electron chi connectivity index (χ1n) is 8.76. The lowest BCUT2D eigenvalue weighted by molar-refractivity contribution is -0.0237. The zero-order valence-electron chi connectivity index (χ0n) is 14.0. The average Bonchev–Trinajstić information content (AvgIpc) is 2.58. The van der Waals surface area contributed by atoms with Crippen LogP contribution in [0.25, 0.3) is 0 Å². The van der Waals surface area contributed by atoms with Gasteiger partial charge in [-0.15, -0.1) is 0 Å². The highest BCUT2D eigenvalue weighted by molar-refractivity contribution is 5.80. The van der Waals surface area contributed by atoms with Crippen molar-refractivity contribution in [3.8, 4) is 0 Å². The monoisotopic (exact) mass is 316 g/mol. The normalized spacial score (nSPS) is 21.0. The summed E-state index contributed by atoms with van der Waals surface area (Å²) in [6.45, 7) is 7.38. The summed E-state index contributed by atoms with van der Waals surface area (Å²) >= 11 is 0. The number of guanidine groups is 1. The van der Waals surface area contributed by atoms with Crippen LogP contribution in [0.1, 0.15) is 26.2 Å². The number of aliphatic hydroxyl groups is 1. The molecule has 1 heterocycles. The molecule has 0 bridgehead atoms. The minimum atomic E-state index is -0.549. The van der Waals surface area contributed by atoms with Crippen LogP contribution in [0.15, 0.2) is 35.3 Å². The summed E-state index contributed by atoms with van der Waals surface area (Å²) in [7, 11) is 0. The molecule has 5 nitrogen and oxygen atoms in total. The predicted molar refractivity (Wildman–Crippen MR) is 95.0 cm³/mol. The summed E-state index contributed by atoms with van der Waals surface area (Å²) in [5.74, 6) is 0.945. The molecule has 5 heteroatoms. The van der Waals surface area contributed by atoms with Crippen molar-refractivity contribution in [2.24, 2.45) is 4.99 Å². The first kappa shape index (κ1) is 16.1. The maximum absolute atomic E-state index is 10.3. The van der Waals surface area contributed by atoms with Crippen LogP contribution in [0.5, 0.6) is 0 Å². The number of nitrogens with zero attached hydrogens (tertiary/aromatic N) is 3. The highest BCUT2D eigenvalue weighted by Crippen LogP contribution is 2.31. The lowest BCUT2D eigenvalue weighted by atomic mass is 9.80. The van der Waals surface area contributed by atoms with Crippen molar-refractivity contribution in [3.05, 3.63) is 30.3 Å². The van der Waals surface area contributed by atoms with Gasteiger partial charge in [0, 0.05) is 38.4 Å². The molecular weight excluding hydrogens is 288 g/mol. The van der Waals surface area contributed by atoms with Gasteiger partial charge in [-0.05, 0) is 38.3 Å². The Hall–Kier alpha value is -1.75. The first-order chi connectivity index (χ1) is 11.2. The SMILES string of the molecule is CCNC(=NCC1(O)CCC1)N1CCN(c2ccccc2)CC1. The van der Waals surface area contributed by atoms with E-state index in [1.165, 1.54) is 5.69 Å². The Kier molecular flexibility index (Phi) is 5.06. The van der Waals surface area contributed by atoms with Gasteiger partial charge in [-0.25, -0.2) is 0 Å². The number of para-hydroxylation sites is 1.